The molecule has 2 N–H and O–H groups in total. The van der Waals surface area contributed by atoms with E-state index in [-0.39, 0.29) is 17.6 Å². The third-order valence-electron chi connectivity index (χ3n) is 1.99. The Balaban J connectivity index is 2.63. The Morgan fingerprint density at radius 1 is 1.35 bits per heavy atom. The Hall–Kier alpha value is -1.20. The van der Waals surface area contributed by atoms with Crippen LogP contribution in [-0.2, 0) is 9.59 Å². The van der Waals surface area contributed by atoms with Gasteiger partial charge in [-0.2, -0.15) is 12.6 Å². The van der Waals surface area contributed by atoms with Gasteiger partial charge in [-0.15, -0.1) is 0 Å². The SMILES string of the molecule is CC(=O)NC(CS)C(=O)Nc1ccc(Cl)cc1. The maximum atomic E-state index is 11.8. The lowest BCUT2D eigenvalue weighted by molar-refractivity contribution is -0.124. The van der Waals surface area contributed by atoms with E-state index >= 15 is 0 Å². The zero-order valence-corrected chi connectivity index (χ0v) is 10.9. The second kappa shape index (κ2) is 6.51. The van der Waals surface area contributed by atoms with Crippen LogP contribution in [0.5, 0.6) is 0 Å². The van der Waals surface area contributed by atoms with Crippen LogP contribution >= 0.6 is 24.2 Å². The lowest BCUT2D eigenvalue weighted by Gasteiger charge is -2.15. The van der Waals surface area contributed by atoms with Gasteiger partial charge in [0, 0.05) is 23.4 Å². The molecule has 4 nitrogen and oxygen atoms in total. The number of rotatable bonds is 4. The average molecular weight is 273 g/mol. The molecule has 1 unspecified atom stereocenters. The molecular weight excluding hydrogens is 260 g/mol. The van der Waals surface area contributed by atoms with Gasteiger partial charge in [-0.3, -0.25) is 9.59 Å². The first-order valence-corrected chi connectivity index (χ1v) is 5.98. The van der Waals surface area contributed by atoms with Gasteiger partial charge in [0.25, 0.3) is 0 Å². The predicted octanol–water partition coefficient (Wildman–Crippen LogP) is 1.71. The summed E-state index contributed by atoms with van der Waals surface area (Å²) in [5, 5.41) is 5.76. The van der Waals surface area contributed by atoms with Crippen molar-refractivity contribution in [1.29, 1.82) is 0 Å². The Labute approximate surface area is 110 Å². The highest BCUT2D eigenvalue weighted by atomic mass is 35.5. The second-order valence-corrected chi connectivity index (χ2v) is 4.23. The average Bonchev–Trinajstić information content (AvgIpc) is 2.28. The normalized spacial score (nSPS) is 11.7. The van der Waals surface area contributed by atoms with E-state index in [1.54, 1.807) is 24.3 Å². The van der Waals surface area contributed by atoms with Crippen LogP contribution in [0.1, 0.15) is 6.92 Å². The summed E-state index contributed by atoms with van der Waals surface area (Å²) in [6.07, 6.45) is 0. The molecule has 0 aromatic heterocycles. The quantitative estimate of drug-likeness (QED) is 0.731. The molecule has 0 fully saturated rings. The number of amides is 2. The van der Waals surface area contributed by atoms with E-state index < -0.39 is 6.04 Å². The number of carbonyl (C=O) groups excluding carboxylic acids is 2. The fourth-order valence-corrected chi connectivity index (χ4v) is 1.59. The summed E-state index contributed by atoms with van der Waals surface area (Å²) in [7, 11) is 0. The molecule has 1 atom stereocenters. The van der Waals surface area contributed by atoms with Crippen LogP contribution in [-0.4, -0.2) is 23.6 Å². The molecule has 0 saturated carbocycles. The molecule has 6 heteroatoms. The molecule has 92 valence electrons. The Morgan fingerprint density at radius 3 is 2.41 bits per heavy atom. The minimum Gasteiger partial charge on any atom is -0.344 e. The van der Waals surface area contributed by atoms with Crippen LogP contribution in [0.2, 0.25) is 5.02 Å². The van der Waals surface area contributed by atoms with Crippen LogP contribution in [0.3, 0.4) is 0 Å². The third-order valence-corrected chi connectivity index (χ3v) is 2.61. The molecular formula is C11H13ClN2O2S. The summed E-state index contributed by atoms with van der Waals surface area (Å²) in [6.45, 7) is 1.35. The van der Waals surface area contributed by atoms with Gasteiger partial charge < -0.3 is 10.6 Å². The van der Waals surface area contributed by atoms with E-state index in [0.29, 0.717) is 10.7 Å². The van der Waals surface area contributed by atoms with Crippen molar-refractivity contribution in [3.63, 3.8) is 0 Å². The minimum absolute atomic E-state index is 0.235. The van der Waals surface area contributed by atoms with Gasteiger partial charge in [0.1, 0.15) is 6.04 Å². The van der Waals surface area contributed by atoms with Crippen LogP contribution in [0.15, 0.2) is 24.3 Å². The smallest absolute Gasteiger partial charge is 0.247 e. The molecule has 0 aliphatic rings. The second-order valence-electron chi connectivity index (χ2n) is 3.43. The maximum Gasteiger partial charge on any atom is 0.247 e. The molecule has 0 heterocycles. The van der Waals surface area contributed by atoms with Gasteiger partial charge >= 0.3 is 0 Å². The van der Waals surface area contributed by atoms with E-state index in [1.165, 1.54) is 6.92 Å². The molecule has 2 amide bonds. The lowest BCUT2D eigenvalue weighted by Crippen LogP contribution is -2.44. The van der Waals surface area contributed by atoms with Crippen molar-refractivity contribution >= 4 is 41.7 Å². The number of carbonyl (C=O) groups is 2. The van der Waals surface area contributed by atoms with Gasteiger partial charge in [0.05, 0.1) is 0 Å². The molecule has 17 heavy (non-hydrogen) atoms. The summed E-state index contributed by atoms with van der Waals surface area (Å²) in [4.78, 5) is 22.6. The molecule has 0 radical (unpaired) electrons. The largest absolute Gasteiger partial charge is 0.344 e. The summed E-state index contributed by atoms with van der Waals surface area (Å²) < 4.78 is 0. The lowest BCUT2D eigenvalue weighted by atomic mass is 10.2. The maximum absolute atomic E-state index is 11.8. The van der Waals surface area contributed by atoms with Crippen LogP contribution in [0, 0.1) is 0 Å². The van der Waals surface area contributed by atoms with Crippen LogP contribution < -0.4 is 10.6 Å². The first kappa shape index (κ1) is 13.9. The molecule has 0 saturated heterocycles. The van der Waals surface area contributed by atoms with Gasteiger partial charge in [0.15, 0.2) is 0 Å². The number of halogens is 1. The van der Waals surface area contributed by atoms with Crippen molar-refractivity contribution in [3.8, 4) is 0 Å². The fourth-order valence-electron chi connectivity index (χ4n) is 1.20. The van der Waals surface area contributed by atoms with Crippen molar-refractivity contribution in [3.05, 3.63) is 29.3 Å². The van der Waals surface area contributed by atoms with E-state index in [9.17, 15) is 9.59 Å². The first-order valence-electron chi connectivity index (χ1n) is 4.97. The van der Waals surface area contributed by atoms with Crippen molar-refractivity contribution in [2.24, 2.45) is 0 Å². The van der Waals surface area contributed by atoms with E-state index in [2.05, 4.69) is 23.3 Å². The topological polar surface area (TPSA) is 58.2 Å². The van der Waals surface area contributed by atoms with Gasteiger partial charge in [0.2, 0.25) is 11.8 Å². The molecule has 1 rings (SSSR count). The van der Waals surface area contributed by atoms with Crippen molar-refractivity contribution in [2.75, 3.05) is 11.1 Å². The van der Waals surface area contributed by atoms with Crippen LogP contribution in [0.25, 0.3) is 0 Å². The van der Waals surface area contributed by atoms with Gasteiger partial charge in [-0.1, -0.05) is 11.6 Å². The van der Waals surface area contributed by atoms with E-state index in [0.717, 1.165) is 0 Å². The summed E-state index contributed by atoms with van der Waals surface area (Å²) in [6, 6.07) is 6.07. The number of hydrogen-bond donors (Lipinski definition) is 3. The standard InChI is InChI=1S/C11H13ClN2O2S/c1-7(15)13-10(6-17)11(16)14-9-4-2-8(12)3-5-9/h2-5,10,17H,6H2,1H3,(H,13,15)(H,14,16). The van der Waals surface area contributed by atoms with Crippen molar-refractivity contribution in [2.45, 2.75) is 13.0 Å². The number of anilines is 1. The van der Waals surface area contributed by atoms with Crippen molar-refractivity contribution < 1.29 is 9.59 Å². The molecule has 0 aliphatic heterocycles. The predicted molar refractivity (Wildman–Crippen MR) is 71.5 cm³/mol. The highest BCUT2D eigenvalue weighted by Gasteiger charge is 2.17. The molecule has 0 spiro atoms. The number of hydrogen-bond acceptors (Lipinski definition) is 3. The molecule has 1 aromatic carbocycles. The highest BCUT2D eigenvalue weighted by Crippen LogP contribution is 2.13. The summed E-state index contributed by atoms with van der Waals surface area (Å²) >= 11 is 9.74. The molecule has 0 aliphatic carbocycles. The van der Waals surface area contributed by atoms with E-state index in [4.69, 9.17) is 11.6 Å². The summed E-state index contributed by atoms with van der Waals surface area (Å²) in [5.41, 5.74) is 0.622. The monoisotopic (exact) mass is 272 g/mol. The first-order chi connectivity index (χ1) is 8.02. The molecule has 1 aromatic rings. The zero-order chi connectivity index (χ0) is 12.8. The van der Waals surface area contributed by atoms with Crippen LogP contribution in [0.4, 0.5) is 5.69 Å². The Bertz CT molecular complexity index is 408. The number of thiol groups is 1. The number of nitrogens with one attached hydrogen (secondary N) is 2. The summed E-state index contributed by atoms with van der Waals surface area (Å²) in [5.74, 6) is -0.341. The highest BCUT2D eigenvalue weighted by molar-refractivity contribution is 7.80. The number of benzene rings is 1. The van der Waals surface area contributed by atoms with E-state index in [1.807, 2.05) is 0 Å². The molecule has 0 bridgehead atoms. The Morgan fingerprint density at radius 2 is 1.94 bits per heavy atom. The minimum atomic E-state index is -0.647. The third kappa shape index (κ3) is 4.66. The fraction of sp³-hybridized carbons (Fsp3) is 0.273. The van der Waals surface area contributed by atoms with Crippen molar-refractivity contribution in [1.82, 2.24) is 5.32 Å². The Kier molecular flexibility index (Phi) is 5.31. The van der Waals surface area contributed by atoms with Gasteiger partial charge in [-0.05, 0) is 24.3 Å². The van der Waals surface area contributed by atoms with Gasteiger partial charge in [-0.25, -0.2) is 0 Å². The zero-order valence-electron chi connectivity index (χ0n) is 9.24.